The molecule has 0 unspecified atom stereocenters. The first-order chi connectivity index (χ1) is 5.72. The lowest BCUT2D eigenvalue weighted by atomic mass is 9.87. The lowest BCUT2D eigenvalue weighted by molar-refractivity contribution is -0.117. The maximum Gasteiger partial charge on any atom is 0.243 e. The van der Waals surface area contributed by atoms with Crippen molar-refractivity contribution in [2.24, 2.45) is 5.92 Å². The smallest absolute Gasteiger partial charge is 0.243 e. The van der Waals surface area contributed by atoms with Gasteiger partial charge in [-0.2, -0.15) is 0 Å². The first-order valence-electron chi connectivity index (χ1n) is 4.65. The third kappa shape index (κ3) is 2.68. The molecule has 1 rings (SSSR count). The molecule has 1 fully saturated rings. The van der Waals surface area contributed by atoms with Gasteiger partial charge in [0.2, 0.25) is 5.91 Å². The molecule has 2 heteroatoms. The predicted octanol–water partition coefficient (Wildman–Crippen LogP) is 1.87. The van der Waals surface area contributed by atoms with Gasteiger partial charge in [0.25, 0.3) is 0 Å². The molecular weight excluding hydrogens is 150 g/mol. The van der Waals surface area contributed by atoms with Gasteiger partial charge in [0.05, 0.1) is 0 Å². The largest absolute Gasteiger partial charge is 0.350 e. The van der Waals surface area contributed by atoms with Crippen molar-refractivity contribution >= 4 is 5.91 Å². The van der Waals surface area contributed by atoms with Gasteiger partial charge in [0, 0.05) is 6.04 Å². The molecule has 1 aliphatic rings. The Labute approximate surface area is 74.0 Å². The molecule has 12 heavy (non-hydrogen) atoms. The van der Waals surface area contributed by atoms with Gasteiger partial charge in [0.15, 0.2) is 0 Å². The van der Waals surface area contributed by atoms with Crippen LogP contribution < -0.4 is 5.32 Å². The van der Waals surface area contributed by atoms with Gasteiger partial charge in [-0.05, 0) is 37.7 Å². The van der Waals surface area contributed by atoms with Crippen LogP contribution in [0.3, 0.4) is 0 Å². The van der Waals surface area contributed by atoms with Crippen LogP contribution in [0.15, 0.2) is 12.7 Å². The lowest BCUT2D eigenvalue weighted by Gasteiger charge is -2.26. The van der Waals surface area contributed by atoms with Gasteiger partial charge in [-0.3, -0.25) is 4.79 Å². The molecule has 0 spiro atoms. The highest BCUT2D eigenvalue weighted by molar-refractivity contribution is 5.87. The molecular formula is C10H17NO. The lowest BCUT2D eigenvalue weighted by Crippen LogP contribution is -2.36. The monoisotopic (exact) mass is 167 g/mol. The highest BCUT2D eigenvalue weighted by Crippen LogP contribution is 2.23. The van der Waals surface area contributed by atoms with Crippen LogP contribution in [0.2, 0.25) is 0 Å². The number of carbonyl (C=O) groups excluding carboxylic acids is 1. The van der Waals surface area contributed by atoms with Gasteiger partial charge in [-0.1, -0.05) is 13.5 Å². The Bertz CT molecular complexity index is 169. The van der Waals surface area contributed by atoms with E-state index in [2.05, 4.69) is 18.8 Å². The van der Waals surface area contributed by atoms with Crippen LogP contribution in [0.4, 0.5) is 0 Å². The van der Waals surface area contributed by atoms with E-state index in [1.807, 2.05) is 0 Å². The molecule has 1 aliphatic carbocycles. The van der Waals surface area contributed by atoms with Crippen molar-refractivity contribution in [3.05, 3.63) is 12.7 Å². The Morgan fingerprint density at radius 2 is 2.00 bits per heavy atom. The summed E-state index contributed by atoms with van der Waals surface area (Å²) >= 11 is 0. The Balaban J connectivity index is 2.26. The molecule has 1 N–H and O–H groups in total. The second kappa shape index (κ2) is 4.29. The van der Waals surface area contributed by atoms with Crippen LogP contribution in [0.1, 0.15) is 32.6 Å². The molecule has 68 valence electrons. The van der Waals surface area contributed by atoms with Crippen molar-refractivity contribution in [2.75, 3.05) is 0 Å². The minimum atomic E-state index is -0.0328. The summed E-state index contributed by atoms with van der Waals surface area (Å²) < 4.78 is 0. The molecule has 0 aromatic rings. The second-order valence-electron chi connectivity index (χ2n) is 3.67. The zero-order chi connectivity index (χ0) is 8.97. The van der Waals surface area contributed by atoms with Crippen molar-refractivity contribution < 1.29 is 4.79 Å². The normalized spacial score (nSPS) is 29.4. The number of rotatable bonds is 2. The van der Waals surface area contributed by atoms with E-state index < -0.39 is 0 Å². The first-order valence-corrected chi connectivity index (χ1v) is 4.65. The van der Waals surface area contributed by atoms with Crippen molar-refractivity contribution in [3.63, 3.8) is 0 Å². The van der Waals surface area contributed by atoms with E-state index in [4.69, 9.17) is 0 Å². The summed E-state index contributed by atoms with van der Waals surface area (Å²) in [6, 6.07) is 0.395. The first kappa shape index (κ1) is 9.30. The summed E-state index contributed by atoms with van der Waals surface area (Å²) in [6.45, 7) is 5.70. The average molecular weight is 167 g/mol. The topological polar surface area (TPSA) is 29.1 Å². The van der Waals surface area contributed by atoms with Crippen molar-refractivity contribution in [3.8, 4) is 0 Å². The predicted molar refractivity (Wildman–Crippen MR) is 49.8 cm³/mol. The summed E-state index contributed by atoms with van der Waals surface area (Å²) in [7, 11) is 0. The third-order valence-electron chi connectivity index (χ3n) is 2.55. The van der Waals surface area contributed by atoms with Crippen LogP contribution in [0.25, 0.3) is 0 Å². The number of hydrogen-bond acceptors (Lipinski definition) is 1. The van der Waals surface area contributed by atoms with E-state index >= 15 is 0 Å². The molecule has 2 nitrogen and oxygen atoms in total. The number of nitrogens with one attached hydrogen (secondary N) is 1. The Morgan fingerprint density at radius 1 is 1.42 bits per heavy atom. The van der Waals surface area contributed by atoms with E-state index in [1.165, 1.54) is 18.9 Å². The van der Waals surface area contributed by atoms with Crippen molar-refractivity contribution in [2.45, 2.75) is 38.6 Å². The summed E-state index contributed by atoms with van der Waals surface area (Å²) in [5.41, 5.74) is 0. The standard InChI is InChI=1S/C10H17NO/c1-3-10(12)11-9-6-4-8(2)5-7-9/h3,8-9H,1,4-7H2,2H3,(H,11,12)/t8-,9+. The van der Waals surface area contributed by atoms with E-state index in [-0.39, 0.29) is 5.91 Å². The fourth-order valence-corrected chi connectivity index (χ4v) is 1.66. The van der Waals surface area contributed by atoms with Gasteiger partial charge in [-0.15, -0.1) is 0 Å². The zero-order valence-electron chi connectivity index (χ0n) is 7.68. The molecule has 0 aromatic heterocycles. The molecule has 0 saturated heterocycles. The van der Waals surface area contributed by atoms with Crippen LogP contribution in [0.5, 0.6) is 0 Å². The van der Waals surface area contributed by atoms with Gasteiger partial charge < -0.3 is 5.32 Å². The number of carbonyl (C=O) groups is 1. The maximum absolute atomic E-state index is 10.9. The zero-order valence-corrected chi connectivity index (χ0v) is 7.68. The summed E-state index contributed by atoms with van der Waals surface area (Å²) in [5.74, 6) is 0.802. The molecule has 0 radical (unpaired) electrons. The van der Waals surface area contributed by atoms with E-state index in [9.17, 15) is 4.79 Å². The maximum atomic E-state index is 10.9. The minimum absolute atomic E-state index is 0.0328. The fourth-order valence-electron chi connectivity index (χ4n) is 1.66. The highest BCUT2D eigenvalue weighted by atomic mass is 16.1. The van der Waals surface area contributed by atoms with Crippen LogP contribution in [0, 0.1) is 5.92 Å². The highest BCUT2D eigenvalue weighted by Gasteiger charge is 2.18. The van der Waals surface area contributed by atoms with Gasteiger partial charge in [-0.25, -0.2) is 0 Å². The molecule has 0 aliphatic heterocycles. The third-order valence-corrected chi connectivity index (χ3v) is 2.55. The van der Waals surface area contributed by atoms with Crippen molar-refractivity contribution in [1.82, 2.24) is 5.32 Å². The molecule has 0 bridgehead atoms. The van der Waals surface area contributed by atoms with E-state index in [1.54, 1.807) is 0 Å². The Kier molecular flexibility index (Phi) is 3.32. The van der Waals surface area contributed by atoms with Crippen LogP contribution in [-0.4, -0.2) is 11.9 Å². The molecule has 1 amide bonds. The summed E-state index contributed by atoms with van der Waals surface area (Å²) in [6.07, 6.45) is 6.07. The van der Waals surface area contributed by atoms with E-state index in [0.717, 1.165) is 18.8 Å². The van der Waals surface area contributed by atoms with Crippen molar-refractivity contribution in [1.29, 1.82) is 0 Å². The molecule has 0 atom stereocenters. The van der Waals surface area contributed by atoms with E-state index in [0.29, 0.717) is 6.04 Å². The fraction of sp³-hybridized carbons (Fsp3) is 0.700. The second-order valence-corrected chi connectivity index (χ2v) is 3.67. The number of hydrogen-bond donors (Lipinski definition) is 1. The Morgan fingerprint density at radius 3 is 2.50 bits per heavy atom. The summed E-state index contributed by atoms with van der Waals surface area (Å²) in [4.78, 5) is 10.9. The Hall–Kier alpha value is -0.790. The summed E-state index contributed by atoms with van der Waals surface area (Å²) in [5, 5.41) is 2.93. The average Bonchev–Trinajstić information content (AvgIpc) is 2.09. The molecule has 0 aromatic carbocycles. The quantitative estimate of drug-likeness (QED) is 0.625. The van der Waals surface area contributed by atoms with Crippen LogP contribution >= 0.6 is 0 Å². The van der Waals surface area contributed by atoms with Gasteiger partial charge >= 0.3 is 0 Å². The number of amides is 1. The molecule has 1 saturated carbocycles. The molecule has 0 heterocycles. The van der Waals surface area contributed by atoms with Gasteiger partial charge in [0.1, 0.15) is 0 Å². The van der Waals surface area contributed by atoms with Crippen LogP contribution in [-0.2, 0) is 4.79 Å². The SMILES string of the molecule is C=CC(=O)N[C@H]1CC[C@@H](C)CC1. The minimum Gasteiger partial charge on any atom is -0.350 e.